The highest BCUT2D eigenvalue weighted by Gasteiger charge is 2.34. The second kappa shape index (κ2) is 8.30. The number of amides is 3. The van der Waals surface area contributed by atoms with E-state index in [9.17, 15) is 23.2 Å². The first-order chi connectivity index (χ1) is 13.0. The molecule has 1 aliphatic heterocycles. The van der Waals surface area contributed by atoms with Gasteiger partial charge in [-0.15, -0.1) is 0 Å². The molecule has 1 aliphatic rings. The third-order valence-corrected chi connectivity index (χ3v) is 5.03. The molecule has 3 amide bonds. The Hall–Kier alpha value is -2.74. The van der Waals surface area contributed by atoms with Crippen molar-refractivity contribution in [1.29, 1.82) is 0 Å². The van der Waals surface area contributed by atoms with E-state index in [0.717, 1.165) is 18.2 Å². The molecule has 140 valence electrons. The molecule has 27 heavy (non-hydrogen) atoms. The minimum Gasteiger partial charge on any atom is -0.323 e. The number of nitrogens with zero attached hydrogens (tertiary/aromatic N) is 1. The van der Waals surface area contributed by atoms with Crippen molar-refractivity contribution in [2.24, 2.45) is 0 Å². The molecule has 0 saturated carbocycles. The number of nitrogens with one attached hydrogen (secondary N) is 1. The van der Waals surface area contributed by atoms with Crippen molar-refractivity contribution in [2.45, 2.75) is 6.42 Å². The molecule has 3 rings (SSSR count). The van der Waals surface area contributed by atoms with Gasteiger partial charge in [-0.1, -0.05) is 12.1 Å². The number of fused-ring (bicyclic) bond motifs is 1. The molecular weight excluding hydrogens is 374 g/mol. The number of hydrogen-bond donors (Lipinski definition) is 1. The van der Waals surface area contributed by atoms with E-state index in [1.165, 1.54) is 16.7 Å². The highest BCUT2D eigenvalue weighted by atomic mass is 32.2. The van der Waals surface area contributed by atoms with Gasteiger partial charge < -0.3 is 5.32 Å². The molecule has 0 radical (unpaired) electrons. The first-order valence-electron chi connectivity index (χ1n) is 8.25. The molecule has 0 aromatic heterocycles. The van der Waals surface area contributed by atoms with Crippen molar-refractivity contribution < 1.29 is 23.2 Å². The van der Waals surface area contributed by atoms with Crippen molar-refractivity contribution in [1.82, 2.24) is 4.90 Å². The maximum atomic E-state index is 13.5. The Bertz CT molecular complexity index is 869. The van der Waals surface area contributed by atoms with E-state index >= 15 is 0 Å². The van der Waals surface area contributed by atoms with Crippen LogP contribution in [0.2, 0.25) is 0 Å². The van der Waals surface area contributed by atoms with E-state index in [4.69, 9.17) is 0 Å². The number of carbonyl (C=O) groups is 3. The topological polar surface area (TPSA) is 66.5 Å². The van der Waals surface area contributed by atoms with Crippen LogP contribution in [0.1, 0.15) is 27.1 Å². The summed E-state index contributed by atoms with van der Waals surface area (Å²) in [6.07, 6.45) is 0.526. The molecule has 8 heteroatoms. The number of rotatable bonds is 7. The minimum absolute atomic E-state index is 0.0536. The number of carbonyl (C=O) groups excluding carboxylic acids is 3. The van der Waals surface area contributed by atoms with Gasteiger partial charge in [0.1, 0.15) is 11.6 Å². The van der Waals surface area contributed by atoms with Gasteiger partial charge in [-0.3, -0.25) is 19.3 Å². The maximum absolute atomic E-state index is 13.5. The minimum atomic E-state index is -0.708. The fourth-order valence-corrected chi connectivity index (χ4v) is 3.45. The third kappa shape index (κ3) is 4.33. The van der Waals surface area contributed by atoms with Gasteiger partial charge in [0, 0.05) is 12.6 Å². The summed E-state index contributed by atoms with van der Waals surface area (Å²) in [5, 5.41) is 2.32. The zero-order valence-corrected chi connectivity index (χ0v) is 15.0. The summed E-state index contributed by atoms with van der Waals surface area (Å²) in [6.45, 7) is 0.263. The fraction of sp³-hybridized carbons (Fsp3) is 0.211. The predicted molar refractivity (Wildman–Crippen MR) is 98.7 cm³/mol. The molecule has 1 N–H and O–H groups in total. The van der Waals surface area contributed by atoms with Crippen LogP contribution in [-0.4, -0.2) is 40.7 Å². The molecular formula is C19H16F2N2O3S. The van der Waals surface area contributed by atoms with E-state index in [0.29, 0.717) is 23.3 Å². The van der Waals surface area contributed by atoms with Crippen LogP contribution < -0.4 is 5.32 Å². The Morgan fingerprint density at radius 1 is 1.04 bits per heavy atom. The zero-order chi connectivity index (χ0) is 19.4. The lowest BCUT2D eigenvalue weighted by molar-refractivity contribution is -0.113. The summed E-state index contributed by atoms with van der Waals surface area (Å²) in [6, 6.07) is 9.51. The van der Waals surface area contributed by atoms with Crippen molar-refractivity contribution in [2.75, 3.05) is 23.4 Å². The second-order valence-corrected chi connectivity index (χ2v) is 6.99. The summed E-state index contributed by atoms with van der Waals surface area (Å²) < 4.78 is 26.6. The molecule has 5 nitrogen and oxygen atoms in total. The van der Waals surface area contributed by atoms with Crippen LogP contribution in [-0.2, 0) is 4.79 Å². The molecule has 0 aliphatic carbocycles. The molecule has 0 fully saturated rings. The van der Waals surface area contributed by atoms with Crippen LogP contribution >= 0.6 is 11.8 Å². The number of benzene rings is 2. The van der Waals surface area contributed by atoms with E-state index in [1.807, 2.05) is 0 Å². The molecule has 1 heterocycles. The van der Waals surface area contributed by atoms with Gasteiger partial charge in [-0.25, -0.2) is 8.78 Å². The lowest BCUT2D eigenvalue weighted by atomic mass is 10.1. The van der Waals surface area contributed by atoms with E-state index in [-0.39, 0.29) is 29.8 Å². The van der Waals surface area contributed by atoms with Gasteiger partial charge in [-0.05, 0) is 36.4 Å². The molecule has 0 saturated heterocycles. The first kappa shape index (κ1) is 19.0. The monoisotopic (exact) mass is 390 g/mol. The van der Waals surface area contributed by atoms with Crippen LogP contribution in [0.3, 0.4) is 0 Å². The highest BCUT2D eigenvalue weighted by Crippen LogP contribution is 2.23. The predicted octanol–water partition coefficient (Wildman–Crippen LogP) is 3.32. The lowest BCUT2D eigenvalue weighted by Gasteiger charge is -2.13. The molecule has 0 spiro atoms. The summed E-state index contributed by atoms with van der Waals surface area (Å²) in [5.41, 5.74) is 0.616. The average molecular weight is 390 g/mol. The highest BCUT2D eigenvalue weighted by molar-refractivity contribution is 7.99. The van der Waals surface area contributed by atoms with Gasteiger partial charge in [0.2, 0.25) is 5.91 Å². The largest absolute Gasteiger partial charge is 0.323 e. The average Bonchev–Trinajstić information content (AvgIpc) is 2.89. The van der Waals surface area contributed by atoms with Gasteiger partial charge >= 0.3 is 0 Å². The van der Waals surface area contributed by atoms with Gasteiger partial charge in [-0.2, -0.15) is 11.8 Å². The number of hydrogen-bond acceptors (Lipinski definition) is 4. The SMILES string of the molecule is O=C(CSCCCN1C(=O)c2ccccc2C1=O)Nc1cc(F)ccc1F. The number of imide groups is 1. The summed E-state index contributed by atoms with van der Waals surface area (Å²) in [5.74, 6) is -1.82. The van der Waals surface area contributed by atoms with Crippen LogP contribution in [0.15, 0.2) is 42.5 Å². The normalized spacial score (nSPS) is 13.0. The molecule has 2 aromatic carbocycles. The lowest BCUT2D eigenvalue weighted by Crippen LogP contribution is -2.31. The fourth-order valence-electron chi connectivity index (χ4n) is 2.71. The van der Waals surface area contributed by atoms with Crippen LogP contribution in [0.5, 0.6) is 0 Å². The van der Waals surface area contributed by atoms with Crippen LogP contribution in [0, 0.1) is 11.6 Å². The van der Waals surface area contributed by atoms with Crippen molar-refractivity contribution in [3.8, 4) is 0 Å². The second-order valence-electron chi connectivity index (χ2n) is 5.89. The third-order valence-electron chi connectivity index (χ3n) is 3.98. The molecule has 0 unspecified atom stereocenters. The van der Waals surface area contributed by atoms with Crippen molar-refractivity contribution in [3.05, 3.63) is 65.2 Å². The van der Waals surface area contributed by atoms with Gasteiger partial charge in [0.05, 0.1) is 22.6 Å². The Morgan fingerprint density at radius 3 is 2.37 bits per heavy atom. The van der Waals surface area contributed by atoms with Crippen molar-refractivity contribution >= 4 is 35.2 Å². The van der Waals surface area contributed by atoms with E-state index in [1.54, 1.807) is 24.3 Å². The molecule has 2 aromatic rings. The van der Waals surface area contributed by atoms with Crippen LogP contribution in [0.4, 0.5) is 14.5 Å². The standard InChI is InChI=1S/C19H16F2N2O3S/c20-12-6-7-15(21)16(10-12)22-17(24)11-27-9-3-8-23-18(25)13-4-1-2-5-14(13)19(23)26/h1-2,4-7,10H,3,8-9,11H2,(H,22,24). The van der Waals surface area contributed by atoms with E-state index in [2.05, 4.69) is 5.32 Å². The number of thioether (sulfide) groups is 1. The quantitative estimate of drug-likeness (QED) is 0.582. The number of anilines is 1. The Morgan fingerprint density at radius 2 is 1.70 bits per heavy atom. The molecule has 0 atom stereocenters. The Labute approximate surface area is 158 Å². The first-order valence-corrected chi connectivity index (χ1v) is 9.40. The Balaban J connectivity index is 1.41. The summed E-state index contributed by atoms with van der Waals surface area (Å²) in [4.78, 5) is 37.4. The Kier molecular flexibility index (Phi) is 5.85. The summed E-state index contributed by atoms with van der Waals surface area (Å²) >= 11 is 1.28. The van der Waals surface area contributed by atoms with Crippen molar-refractivity contribution in [3.63, 3.8) is 0 Å². The zero-order valence-electron chi connectivity index (χ0n) is 14.2. The molecule has 0 bridgehead atoms. The van der Waals surface area contributed by atoms with Crippen LogP contribution in [0.25, 0.3) is 0 Å². The summed E-state index contributed by atoms with van der Waals surface area (Å²) in [7, 11) is 0. The van der Waals surface area contributed by atoms with Gasteiger partial charge in [0.15, 0.2) is 0 Å². The number of halogens is 2. The smallest absolute Gasteiger partial charge is 0.261 e. The maximum Gasteiger partial charge on any atom is 0.261 e. The van der Waals surface area contributed by atoms with E-state index < -0.39 is 17.5 Å². The van der Waals surface area contributed by atoms with Gasteiger partial charge in [0.25, 0.3) is 11.8 Å².